The number of halogens is 1. The summed E-state index contributed by atoms with van der Waals surface area (Å²) in [5.74, 6) is -0.195. The van der Waals surface area contributed by atoms with Gasteiger partial charge in [-0.05, 0) is 47.7 Å². The Labute approximate surface area is 107 Å². The van der Waals surface area contributed by atoms with Crippen LogP contribution < -0.4 is 5.73 Å². The second-order valence-electron chi connectivity index (χ2n) is 4.65. The van der Waals surface area contributed by atoms with Crippen molar-refractivity contribution in [2.24, 2.45) is 5.73 Å². The van der Waals surface area contributed by atoms with Crippen molar-refractivity contribution in [1.82, 2.24) is 0 Å². The minimum absolute atomic E-state index is 0.0771. The molecule has 1 nitrogen and oxygen atoms in total. The zero-order valence-electron chi connectivity index (χ0n) is 10.8. The van der Waals surface area contributed by atoms with E-state index < -0.39 is 0 Å². The minimum atomic E-state index is -0.195. The molecule has 0 saturated carbocycles. The molecule has 2 aromatic carbocycles. The van der Waals surface area contributed by atoms with Crippen LogP contribution in [0.15, 0.2) is 42.5 Å². The van der Waals surface area contributed by atoms with Gasteiger partial charge in [0.2, 0.25) is 0 Å². The van der Waals surface area contributed by atoms with E-state index in [1.807, 2.05) is 37.3 Å². The largest absolute Gasteiger partial charge is 0.324 e. The maximum atomic E-state index is 13.4. The molecule has 0 aliphatic heterocycles. The smallest absolute Gasteiger partial charge is 0.124 e. The van der Waals surface area contributed by atoms with Crippen LogP contribution in [0.1, 0.15) is 30.5 Å². The number of benzene rings is 2. The average molecular weight is 243 g/mol. The maximum absolute atomic E-state index is 13.4. The van der Waals surface area contributed by atoms with Crippen molar-refractivity contribution in [1.29, 1.82) is 0 Å². The van der Waals surface area contributed by atoms with Gasteiger partial charge in [0, 0.05) is 6.04 Å². The summed E-state index contributed by atoms with van der Waals surface area (Å²) in [6.07, 6.45) is 0.915. The number of hydrogen-bond acceptors (Lipinski definition) is 1. The van der Waals surface area contributed by atoms with Gasteiger partial charge in [-0.2, -0.15) is 0 Å². The average Bonchev–Trinajstić information content (AvgIpc) is 2.37. The molecule has 0 amide bonds. The Hall–Kier alpha value is -1.67. The fourth-order valence-electron chi connectivity index (χ4n) is 2.06. The molecule has 0 aliphatic rings. The lowest BCUT2D eigenvalue weighted by molar-refractivity contribution is 0.627. The number of rotatable bonds is 3. The van der Waals surface area contributed by atoms with Gasteiger partial charge in [0.15, 0.2) is 0 Å². The second kappa shape index (κ2) is 5.32. The SMILES string of the molecule is CCC(N)c1ccc(-c2cc(C)cc(F)c2)cc1. The molecule has 0 aliphatic carbocycles. The van der Waals surface area contributed by atoms with E-state index in [4.69, 9.17) is 5.73 Å². The van der Waals surface area contributed by atoms with Crippen LogP contribution in [0.4, 0.5) is 4.39 Å². The Morgan fingerprint density at radius 2 is 1.72 bits per heavy atom. The number of nitrogens with two attached hydrogens (primary N) is 1. The first kappa shape index (κ1) is 12.8. The topological polar surface area (TPSA) is 26.0 Å². The van der Waals surface area contributed by atoms with E-state index in [0.29, 0.717) is 0 Å². The van der Waals surface area contributed by atoms with Crippen molar-refractivity contribution >= 4 is 0 Å². The Morgan fingerprint density at radius 3 is 2.28 bits per heavy atom. The van der Waals surface area contributed by atoms with Crippen LogP contribution in [0.25, 0.3) is 11.1 Å². The van der Waals surface area contributed by atoms with Gasteiger partial charge in [0.05, 0.1) is 0 Å². The molecule has 2 rings (SSSR count). The van der Waals surface area contributed by atoms with Crippen molar-refractivity contribution in [3.05, 3.63) is 59.4 Å². The van der Waals surface area contributed by atoms with Crippen molar-refractivity contribution in [3.63, 3.8) is 0 Å². The first-order chi connectivity index (χ1) is 8.60. The molecule has 0 fully saturated rings. The first-order valence-electron chi connectivity index (χ1n) is 6.23. The van der Waals surface area contributed by atoms with E-state index in [1.54, 1.807) is 6.07 Å². The van der Waals surface area contributed by atoms with Crippen LogP contribution in [0.2, 0.25) is 0 Å². The van der Waals surface area contributed by atoms with Crippen LogP contribution in [-0.2, 0) is 0 Å². The number of aryl methyl sites for hydroxylation is 1. The molecule has 2 heteroatoms. The molecule has 0 heterocycles. The fraction of sp³-hybridized carbons (Fsp3) is 0.250. The fourth-order valence-corrected chi connectivity index (χ4v) is 2.06. The summed E-state index contributed by atoms with van der Waals surface area (Å²) in [5, 5.41) is 0. The molecule has 18 heavy (non-hydrogen) atoms. The third kappa shape index (κ3) is 2.77. The molecule has 1 atom stereocenters. The van der Waals surface area contributed by atoms with Crippen molar-refractivity contribution < 1.29 is 4.39 Å². The van der Waals surface area contributed by atoms with Crippen LogP contribution >= 0.6 is 0 Å². The molecule has 1 unspecified atom stereocenters. The molecule has 0 spiro atoms. The van der Waals surface area contributed by atoms with E-state index in [2.05, 4.69) is 6.92 Å². The summed E-state index contributed by atoms with van der Waals surface area (Å²) in [7, 11) is 0. The standard InChI is InChI=1S/C16H18FN/c1-3-16(18)13-6-4-12(5-7-13)14-8-11(2)9-15(17)10-14/h4-10,16H,3,18H2,1-2H3. The number of hydrogen-bond donors (Lipinski definition) is 1. The summed E-state index contributed by atoms with van der Waals surface area (Å²) in [4.78, 5) is 0. The van der Waals surface area contributed by atoms with Gasteiger partial charge in [-0.1, -0.05) is 37.3 Å². The van der Waals surface area contributed by atoms with E-state index in [0.717, 1.165) is 28.7 Å². The first-order valence-corrected chi connectivity index (χ1v) is 6.23. The van der Waals surface area contributed by atoms with Gasteiger partial charge in [0.25, 0.3) is 0 Å². The van der Waals surface area contributed by atoms with Crippen molar-refractivity contribution in [3.8, 4) is 11.1 Å². The molecule has 2 N–H and O–H groups in total. The van der Waals surface area contributed by atoms with Crippen LogP contribution in [0, 0.1) is 12.7 Å². The summed E-state index contributed by atoms with van der Waals surface area (Å²) in [6.45, 7) is 3.96. The highest BCUT2D eigenvalue weighted by Gasteiger charge is 2.05. The Kier molecular flexibility index (Phi) is 3.78. The molecule has 0 radical (unpaired) electrons. The Balaban J connectivity index is 2.34. The summed E-state index contributed by atoms with van der Waals surface area (Å²) < 4.78 is 13.4. The Morgan fingerprint density at radius 1 is 1.06 bits per heavy atom. The van der Waals surface area contributed by atoms with E-state index in [-0.39, 0.29) is 11.9 Å². The second-order valence-corrected chi connectivity index (χ2v) is 4.65. The highest BCUT2D eigenvalue weighted by Crippen LogP contribution is 2.24. The molecule has 0 bridgehead atoms. The van der Waals surface area contributed by atoms with E-state index in [9.17, 15) is 4.39 Å². The lowest BCUT2D eigenvalue weighted by Crippen LogP contribution is -2.08. The predicted octanol–water partition coefficient (Wildman–Crippen LogP) is 4.21. The zero-order valence-corrected chi connectivity index (χ0v) is 10.8. The van der Waals surface area contributed by atoms with Gasteiger partial charge in [-0.15, -0.1) is 0 Å². The minimum Gasteiger partial charge on any atom is -0.324 e. The third-order valence-corrected chi connectivity index (χ3v) is 3.15. The summed E-state index contributed by atoms with van der Waals surface area (Å²) >= 11 is 0. The highest BCUT2D eigenvalue weighted by molar-refractivity contribution is 5.64. The van der Waals surface area contributed by atoms with Gasteiger partial charge in [-0.3, -0.25) is 0 Å². The maximum Gasteiger partial charge on any atom is 0.124 e. The summed E-state index contributed by atoms with van der Waals surface area (Å²) in [5.41, 5.74) is 9.95. The van der Waals surface area contributed by atoms with Gasteiger partial charge >= 0.3 is 0 Å². The molecular weight excluding hydrogens is 225 g/mol. The lowest BCUT2D eigenvalue weighted by atomic mass is 9.99. The molecule has 2 aromatic rings. The normalized spacial score (nSPS) is 12.4. The van der Waals surface area contributed by atoms with Crippen LogP contribution in [0.3, 0.4) is 0 Å². The van der Waals surface area contributed by atoms with Crippen molar-refractivity contribution in [2.75, 3.05) is 0 Å². The van der Waals surface area contributed by atoms with Crippen LogP contribution in [0.5, 0.6) is 0 Å². The zero-order chi connectivity index (χ0) is 13.1. The van der Waals surface area contributed by atoms with E-state index in [1.165, 1.54) is 6.07 Å². The third-order valence-electron chi connectivity index (χ3n) is 3.15. The summed E-state index contributed by atoms with van der Waals surface area (Å²) in [6, 6.07) is 13.2. The van der Waals surface area contributed by atoms with Gasteiger partial charge < -0.3 is 5.73 Å². The van der Waals surface area contributed by atoms with Crippen molar-refractivity contribution in [2.45, 2.75) is 26.3 Å². The lowest BCUT2D eigenvalue weighted by Gasteiger charge is -2.10. The van der Waals surface area contributed by atoms with E-state index >= 15 is 0 Å². The molecular formula is C16H18FN. The monoisotopic (exact) mass is 243 g/mol. The van der Waals surface area contributed by atoms with Gasteiger partial charge in [0.1, 0.15) is 5.82 Å². The molecule has 0 aromatic heterocycles. The molecule has 94 valence electrons. The predicted molar refractivity (Wildman–Crippen MR) is 73.8 cm³/mol. The van der Waals surface area contributed by atoms with Crippen LogP contribution in [-0.4, -0.2) is 0 Å². The molecule has 0 saturated heterocycles. The highest BCUT2D eigenvalue weighted by atomic mass is 19.1. The quantitative estimate of drug-likeness (QED) is 0.858. The van der Waals surface area contributed by atoms with Gasteiger partial charge in [-0.25, -0.2) is 4.39 Å². The Bertz CT molecular complexity index is 511.